The summed E-state index contributed by atoms with van der Waals surface area (Å²) >= 11 is 0. The average Bonchev–Trinajstić information content (AvgIpc) is 3.32. The molecule has 120 valence electrons. The van der Waals surface area contributed by atoms with Crippen LogP contribution in [0.3, 0.4) is 0 Å². The molecule has 3 heterocycles. The fourth-order valence-electron chi connectivity index (χ4n) is 2.55. The molecule has 1 amide bonds. The predicted molar refractivity (Wildman–Crippen MR) is 88.4 cm³/mol. The molecule has 0 radical (unpaired) electrons. The van der Waals surface area contributed by atoms with Gasteiger partial charge in [0.05, 0.1) is 12.3 Å². The number of aromatic amines is 1. The molecule has 1 aromatic carbocycles. The van der Waals surface area contributed by atoms with Gasteiger partial charge in [-0.3, -0.25) is 9.89 Å². The minimum Gasteiger partial charge on any atom is -0.463 e. The van der Waals surface area contributed by atoms with Crippen LogP contribution in [-0.4, -0.2) is 16.1 Å². The normalized spacial score (nSPS) is 12.4. The Morgan fingerprint density at radius 3 is 2.88 bits per heavy atom. The molecule has 0 fully saturated rings. The number of nitrogens with zero attached hydrogens (tertiary/aromatic N) is 1. The van der Waals surface area contributed by atoms with Gasteiger partial charge >= 0.3 is 0 Å². The SMILES string of the molecule is CC(NC(=O)c1cc(-c2ccco2)[nH]n1)c1cc2ccccc2o1. The standard InChI is InChI=1S/C18H15N3O3/c1-11(17-9-12-5-2-3-6-15(12)24-17)19-18(22)14-10-13(20-21-14)16-7-4-8-23-16/h2-11H,1H3,(H,19,22)(H,20,21). The van der Waals surface area contributed by atoms with Crippen LogP contribution >= 0.6 is 0 Å². The summed E-state index contributed by atoms with van der Waals surface area (Å²) in [6.07, 6.45) is 1.57. The molecule has 0 saturated carbocycles. The van der Waals surface area contributed by atoms with Crippen LogP contribution in [0.4, 0.5) is 0 Å². The first-order valence-electron chi connectivity index (χ1n) is 7.59. The largest absolute Gasteiger partial charge is 0.463 e. The molecular formula is C18H15N3O3. The van der Waals surface area contributed by atoms with Crippen molar-refractivity contribution in [2.45, 2.75) is 13.0 Å². The molecule has 2 N–H and O–H groups in total. The van der Waals surface area contributed by atoms with Crippen LogP contribution < -0.4 is 5.32 Å². The molecular weight excluding hydrogens is 306 g/mol. The fourth-order valence-corrected chi connectivity index (χ4v) is 2.55. The van der Waals surface area contributed by atoms with Crippen molar-refractivity contribution in [3.63, 3.8) is 0 Å². The summed E-state index contributed by atoms with van der Waals surface area (Å²) in [5.41, 5.74) is 1.75. The number of carbonyl (C=O) groups excluding carboxylic acids is 1. The van der Waals surface area contributed by atoms with Crippen molar-refractivity contribution in [1.29, 1.82) is 0 Å². The van der Waals surface area contributed by atoms with Gasteiger partial charge in [-0.1, -0.05) is 18.2 Å². The van der Waals surface area contributed by atoms with E-state index in [1.165, 1.54) is 0 Å². The molecule has 0 aliphatic carbocycles. The predicted octanol–water partition coefficient (Wildman–Crippen LogP) is 3.91. The maximum atomic E-state index is 12.4. The summed E-state index contributed by atoms with van der Waals surface area (Å²) < 4.78 is 11.1. The fraction of sp³-hybridized carbons (Fsp3) is 0.111. The molecule has 6 nitrogen and oxygen atoms in total. The van der Waals surface area contributed by atoms with Crippen LogP contribution in [0.2, 0.25) is 0 Å². The van der Waals surface area contributed by atoms with Gasteiger partial charge in [-0.05, 0) is 31.2 Å². The summed E-state index contributed by atoms with van der Waals surface area (Å²) in [6, 6.07) is 14.6. The van der Waals surface area contributed by atoms with Crippen molar-refractivity contribution in [1.82, 2.24) is 15.5 Å². The van der Waals surface area contributed by atoms with Gasteiger partial charge in [-0.25, -0.2) is 0 Å². The number of hydrogen-bond donors (Lipinski definition) is 2. The quantitative estimate of drug-likeness (QED) is 0.597. The maximum absolute atomic E-state index is 12.4. The molecule has 4 aromatic rings. The van der Waals surface area contributed by atoms with E-state index >= 15 is 0 Å². The van der Waals surface area contributed by atoms with Crippen LogP contribution in [0.5, 0.6) is 0 Å². The molecule has 0 spiro atoms. The Morgan fingerprint density at radius 2 is 2.08 bits per heavy atom. The molecule has 1 atom stereocenters. The van der Waals surface area contributed by atoms with Crippen molar-refractivity contribution < 1.29 is 13.6 Å². The van der Waals surface area contributed by atoms with Gasteiger partial charge in [0, 0.05) is 11.5 Å². The van der Waals surface area contributed by atoms with E-state index in [0.717, 1.165) is 11.0 Å². The van der Waals surface area contributed by atoms with E-state index in [0.29, 0.717) is 22.9 Å². The van der Waals surface area contributed by atoms with Crippen LogP contribution in [0.15, 0.2) is 63.6 Å². The zero-order valence-corrected chi connectivity index (χ0v) is 12.9. The summed E-state index contributed by atoms with van der Waals surface area (Å²) in [6.45, 7) is 1.87. The van der Waals surface area contributed by atoms with Crippen molar-refractivity contribution in [3.8, 4) is 11.5 Å². The number of H-pyrrole nitrogens is 1. The Balaban J connectivity index is 1.51. The Labute approximate surface area is 137 Å². The number of para-hydroxylation sites is 1. The van der Waals surface area contributed by atoms with Gasteiger partial charge < -0.3 is 14.2 Å². The molecule has 24 heavy (non-hydrogen) atoms. The number of aromatic nitrogens is 2. The number of nitrogens with one attached hydrogen (secondary N) is 2. The lowest BCUT2D eigenvalue weighted by molar-refractivity contribution is 0.0930. The van der Waals surface area contributed by atoms with Gasteiger partial charge in [0.25, 0.3) is 5.91 Å². The van der Waals surface area contributed by atoms with E-state index in [9.17, 15) is 4.79 Å². The molecule has 3 aromatic heterocycles. The van der Waals surface area contributed by atoms with Gasteiger partial charge in [-0.2, -0.15) is 5.10 Å². The smallest absolute Gasteiger partial charge is 0.272 e. The van der Waals surface area contributed by atoms with Crippen molar-refractivity contribution >= 4 is 16.9 Å². The molecule has 6 heteroatoms. The number of hydrogen-bond acceptors (Lipinski definition) is 4. The molecule has 4 rings (SSSR count). The number of fused-ring (bicyclic) bond motifs is 1. The second-order valence-corrected chi connectivity index (χ2v) is 5.53. The van der Waals surface area contributed by atoms with Crippen molar-refractivity contribution in [2.75, 3.05) is 0 Å². The number of carbonyl (C=O) groups is 1. The van der Waals surface area contributed by atoms with Gasteiger partial charge in [0.15, 0.2) is 11.5 Å². The average molecular weight is 321 g/mol. The lowest BCUT2D eigenvalue weighted by atomic mass is 10.2. The lowest BCUT2D eigenvalue weighted by Crippen LogP contribution is -2.26. The number of rotatable bonds is 4. The van der Waals surface area contributed by atoms with Crippen molar-refractivity contribution in [3.05, 3.63) is 66.2 Å². The Bertz CT molecular complexity index is 949. The van der Waals surface area contributed by atoms with Gasteiger partial charge in [0.1, 0.15) is 17.0 Å². The Kier molecular flexibility index (Phi) is 3.42. The minimum atomic E-state index is -0.281. The van der Waals surface area contributed by atoms with Crippen LogP contribution in [0.25, 0.3) is 22.4 Å². The first-order valence-corrected chi connectivity index (χ1v) is 7.59. The number of amides is 1. The highest BCUT2D eigenvalue weighted by Gasteiger charge is 2.18. The highest BCUT2D eigenvalue weighted by atomic mass is 16.3. The van der Waals surface area contributed by atoms with Crippen LogP contribution in [0.1, 0.15) is 29.2 Å². The van der Waals surface area contributed by atoms with Crippen molar-refractivity contribution in [2.24, 2.45) is 0 Å². The van der Waals surface area contributed by atoms with Crippen LogP contribution in [0, 0.1) is 0 Å². The number of benzene rings is 1. The molecule has 0 aliphatic heterocycles. The summed E-state index contributed by atoms with van der Waals surface area (Å²) in [5.74, 6) is 1.05. The van der Waals surface area contributed by atoms with E-state index < -0.39 is 0 Å². The lowest BCUT2D eigenvalue weighted by Gasteiger charge is -2.09. The summed E-state index contributed by atoms with van der Waals surface area (Å²) in [7, 11) is 0. The highest BCUT2D eigenvalue weighted by molar-refractivity contribution is 5.93. The van der Waals surface area contributed by atoms with E-state index in [-0.39, 0.29) is 11.9 Å². The van der Waals surface area contributed by atoms with Crippen LogP contribution in [-0.2, 0) is 0 Å². The first kappa shape index (κ1) is 14.3. The van der Waals surface area contributed by atoms with Gasteiger partial charge in [-0.15, -0.1) is 0 Å². The maximum Gasteiger partial charge on any atom is 0.272 e. The van der Waals surface area contributed by atoms with E-state index in [2.05, 4.69) is 15.5 Å². The molecule has 0 saturated heterocycles. The number of furan rings is 2. The molecule has 1 unspecified atom stereocenters. The first-order chi connectivity index (χ1) is 11.7. The second-order valence-electron chi connectivity index (χ2n) is 5.53. The second kappa shape index (κ2) is 5.73. The zero-order chi connectivity index (χ0) is 16.5. The molecule has 0 bridgehead atoms. The minimum absolute atomic E-state index is 0.270. The monoisotopic (exact) mass is 321 g/mol. The summed E-state index contributed by atoms with van der Waals surface area (Å²) in [5, 5.41) is 10.7. The highest BCUT2D eigenvalue weighted by Crippen LogP contribution is 2.24. The summed E-state index contributed by atoms with van der Waals surface area (Å²) in [4.78, 5) is 12.4. The van der Waals surface area contributed by atoms with E-state index in [1.807, 2.05) is 37.3 Å². The third-order valence-corrected chi connectivity index (χ3v) is 3.82. The van der Waals surface area contributed by atoms with E-state index in [4.69, 9.17) is 8.83 Å². The third kappa shape index (κ3) is 2.58. The van der Waals surface area contributed by atoms with E-state index in [1.54, 1.807) is 24.5 Å². The Morgan fingerprint density at radius 1 is 1.21 bits per heavy atom. The third-order valence-electron chi connectivity index (χ3n) is 3.82. The molecule has 0 aliphatic rings. The zero-order valence-electron chi connectivity index (χ0n) is 12.9. The Hall–Kier alpha value is -3.28. The van der Waals surface area contributed by atoms with Gasteiger partial charge in [0.2, 0.25) is 0 Å². The topological polar surface area (TPSA) is 84.1 Å².